The van der Waals surface area contributed by atoms with Gasteiger partial charge in [-0.15, -0.1) is 0 Å². The summed E-state index contributed by atoms with van der Waals surface area (Å²) in [5.74, 6) is 0.906. The fourth-order valence-corrected chi connectivity index (χ4v) is 2.95. The van der Waals surface area contributed by atoms with Crippen molar-refractivity contribution >= 4 is 15.9 Å². The molecule has 0 fully saturated rings. The zero-order valence-corrected chi connectivity index (χ0v) is 12.4. The number of nitrogens with two attached hydrogens (primary N) is 1. The zero-order chi connectivity index (χ0) is 12.7. The summed E-state index contributed by atoms with van der Waals surface area (Å²) in [6.07, 6.45) is 0. The van der Waals surface area contributed by atoms with Crippen LogP contribution in [0.15, 0.2) is 4.47 Å². The molecule has 0 atom stereocenters. The molecule has 1 rings (SSSR count). The molecule has 0 saturated heterocycles. The molecule has 0 spiro atoms. The third-order valence-electron chi connectivity index (χ3n) is 3.03. The van der Waals surface area contributed by atoms with E-state index in [0.717, 1.165) is 21.3 Å². The average Bonchev–Trinajstić information content (AvgIpc) is 2.14. The van der Waals surface area contributed by atoms with Crippen LogP contribution in [0.3, 0.4) is 0 Å². The SMILES string of the molecule is COc1c(C)c(C)c(C(C)(C)N)c(C)c1Br. The van der Waals surface area contributed by atoms with Crippen molar-refractivity contribution in [1.82, 2.24) is 0 Å². The van der Waals surface area contributed by atoms with Crippen LogP contribution in [0.2, 0.25) is 0 Å². The maximum absolute atomic E-state index is 6.23. The van der Waals surface area contributed by atoms with Crippen molar-refractivity contribution in [1.29, 1.82) is 0 Å². The third-order valence-corrected chi connectivity index (χ3v) is 3.99. The quantitative estimate of drug-likeness (QED) is 0.902. The van der Waals surface area contributed by atoms with Crippen LogP contribution in [-0.4, -0.2) is 7.11 Å². The van der Waals surface area contributed by atoms with Crippen molar-refractivity contribution in [2.75, 3.05) is 7.11 Å². The summed E-state index contributed by atoms with van der Waals surface area (Å²) in [4.78, 5) is 0. The molecule has 2 N–H and O–H groups in total. The Morgan fingerprint density at radius 2 is 1.56 bits per heavy atom. The summed E-state index contributed by atoms with van der Waals surface area (Å²) >= 11 is 3.59. The minimum absolute atomic E-state index is 0.340. The van der Waals surface area contributed by atoms with Crippen LogP contribution < -0.4 is 10.5 Å². The number of hydrogen-bond acceptors (Lipinski definition) is 2. The maximum Gasteiger partial charge on any atom is 0.136 e. The summed E-state index contributed by atoms with van der Waals surface area (Å²) < 4.78 is 6.42. The Hall–Kier alpha value is -0.540. The van der Waals surface area contributed by atoms with Gasteiger partial charge in [0.1, 0.15) is 5.75 Å². The van der Waals surface area contributed by atoms with Crippen molar-refractivity contribution < 1.29 is 4.74 Å². The van der Waals surface area contributed by atoms with Gasteiger partial charge in [0.2, 0.25) is 0 Å². The molecule has 2 nitrogen and oxygen atoms in total. The minimum atomic E-state index is -0.340. The first kappa shape index (κ1) is 13.5. The first-order valence-corrected chi connectivity index (χ1v) is 6.13. The Balaban J connectivity index is 3.67. The highest BCUT2D eigenvalue weighted by Gasteiger charge is 2.24. The number of ether oxygens (including phenoxy) is 1. The summed E-state index contributed by atoms with van der Waals surface area (Å²) in [7, 11) is 1.69. The highest BCUT2D eigenvalue weighted by atomic mass is 79.9. The Morgan fingerprint density at radius 1 is 1.06 bits per heavy atom. The van der Waals surface area contributed by atoms with Crippen LogP contribution in [0.5, 0.6) is 5.75 Å². The third kappa shape index (κ3) is 2.11. The monoisotopic (exact) mass is 285 g/mol. The molecule has 0 unspecified atom stereocenters. The van der Waals surface area contributed by atoms with Gasteiger partial charge >= 0.3 is 0 Å². The fraction of sp³-hybridized carbons (Fsp3) is 0.538. The average molecular weight is 286 g/mol. The van der Waals surface area contributed by atoms with Crippen molar-refractivity contribution in [2.24, 2.45) is 5.73 Å². The molecule has 0 heterocycles. The fourth-order valence-electron chi connectivity index (χ4n) is 2.29. The molecular weight excluding hydrogens is 266 g/mol. The number of hydrogen-bond donors (Lipinski definition) is 1. The minimum Gasteiger partial charge on any atom is -0.495 e. The van der Waals surface area contributed by atoms with Crippen molar-refractivity contribution in [2.45, 2.75) is 40.2 Å². The van der Waals surface area contributed by atoms with Crippen LogP contribution in [0, 0.1) is 20.8 Å². The van der Waals surface area contributed by atoms with Gasteiger partial charge in [0, 0.05) is 5.54 Å². The number of halogens is 1. The van der Waals surface area contributed by atoms with Crippen LogP contribution >= 0.6 is 15.9 Å². The van der Waals surface area contributed by atoms with E-state index in [2.05, 4.69) is 36.7 Å². The van der Waals surface area contributed by atoms with E-state index >= 15 is 0 Å². The molecule has 16 heavy (non-hydrogen) atoms. The molecular formula is C13H20BrNO. The highest BCUT2D eigenvalue weighted by Crippen LogP contribution is 2.40. The van der Waals surface area contributed by atoms with Crippen molar-refractivity contribution in [3.05, 3.63) is 26.7 Å². The van der Waals surface area contributed by atoms with E-state index in [1.54, 1.807) is 7.11 Å². The zero-order valence-electron chi connectivity index (χ0n) is 10.9. The van der Waals surface area contributed by atoms with Crippen molar-refractivity contribution in [3.8, 4) is 5.75 Å². The van der Waals surface area contributed by atoms with Gasteiger partial charge in [-0.3, -0.25) is 0 Å². The lowest BCUT2D eigenvalue weighted by atomic mass is 9.85. The topological polar surface area (TPSA) is 35.2 Å². The normalized spacial score (nSPS) is 11.8. The standard InChI is InChI=1S/C13H20BrNO/c1-7-8(2)12(16-6)11(14)9(3)10(7)13(4,5)15/h15H2,1-6H3. The van der Waals surface area contributed by atoms with Gasteiger partial charge in [-0.2, -0.15) is 0 Å². The number of methoxy groups -OCH3 is 1. The van der Waals surface area contributed by atoms with E-state index in [1.165, 1.54) is 11.1 Å². The van der Waals surface area contributed by atoms with Crippen LogP contribution in [0.1, 0.15) is 36.1 Å². The second-order valence-electron chi connectivity index (χ2n) is 4.82. The summed E-state index contributed by atoms with van der Waals surface area (Å²) in [6, 6.07) is 0. The van der Waals surface area contributed by atoms with Gasteiger partial charge in [0.25, 0.3) is 0 Å². The highest BCUT2D eigenvalue weighted by molar-refractivity contribution is 9.10. The lowest BCUT2D eigenvalue weighted by Crippen LogP contribution is -2.31. The molecule has 90 valence electrons. The van der Waals surface area contributed by atoms with E-state index in [1.807, 2.05) is 13.8 Å². The smallest absolute Gasteiger partial charge is 0.136 e. The van der Waals surface area contributed by atoms with Crippen LogP contribution in [0.25, 0.3) is 0 Å². The summed E-state index contributed by atoms with van der Waals surface area (Å²) in [6.45, 7) is 10.3. The lowest BCUT2D eigenvalue weighted by Gasteiger charge is -2.27. The summed E-state index contributed by atoms with van der Waals surface area (Å²) in [5.41, 5.74) is 10.6. The van der Waals surface area contributed by atoms with Crippen LogP contribution in [-0.2, 0) is 5.54 Å². The maximum atomic E-state index is 6.23. The van der Waals surface area contributed by atoms with Gasteiger partial charge in [-0.05, 0) is 72.8 Å². The van der Waals surface area contributed by atoms with Gasteiger partial charge in [-0.25, -0.2) is 0 Å². The van der Waals surface area contributed by atoms with Gasteiger partial charge in [-0.1, -0.05) is 0 Å². The second kappa shape index (κ2) is 4.38. The first-order chi connectivity index (χ1) is 7.21. The molecule has 0 radical (unpaired) electrons. The summed E-state index contributed by atoms with van der Waals surface area (Å²) in [5, 5.41) is 0. The Labute approximate surface area is 106 Å². The van der Waals surface area contributed by atoms with Crippen molar-refractivity contribution in [3.63, 3.8) is 0 Å². The molecule has 0 bridgehead atoms. The molecule has 0 aromatic heterocycles. The van der Waals surface area contributed by atoms with E-state index in [0.29, 0.717) is 0 Å². The molecule has 1 aromatic carbocycles. The molecule has 0 saturated carbocycles. The van der Waals surface area contributed by atoms with E-state index in [9.17, 15) is 0 Å². The lowest BCUT2D eigenvalue weighted by molar-refractivity contribution is 0.407. The molecule has 1 aromatic rings. The molecule has 3 heteroatoms. The predicted molar refractivity (Wildman–Crippen MR) is 72.1 cm³/mol. The second-order valence-corrected chi connectivity index (χ2v) is 5.61. The van der Waals surface area contributed by atoms with Gasteiger partial charge < -0.3 is 10.5 Å². The Kier molecular flexibility index (Phi) is 3.70. The first-order valence-electron chi connectivity index (χ1n) is 5.34. The number of benzene rings is 1. The Morgan fingerprint density at radius 3 is 1.94 bits per heavy atom. The van der Waals surface area contributed by atoms with Gasteiger partial charge in [0.15, 0.2) is 0 Å². The molecule has 0 aliphatic rings. The van der Waals surface area contributed by atoms with E-state index < -0.39 is 0 Å². The largest absolute Gasteiger partial charge is 0.495 e. The molecule has 0 amide bonds. The predicted octanol–water partition coefficient (Wildman–Crippen LogP) is 3.58. The molecule has 0 aliphatic carbocycles. The van der Waals surface area contributed by atoms with Gasteiger partial charge in [0.05, 0.1) is 11.6 Å². The Bertz CT molecular complexity index is 390. The number of rotatable bonds is 2. The molecule has 0 aliphatic heterocycles. The van der Waals surface area contributed by atoms with E-state index in [4.69, 9.17) is 10.5 Å². The van der Waals surface area contributed by atoms with E-state index in [-0.39, 0.29) is 5.54 Å². The van der Waals surface area contributed by atoms with Crippen LogP contribution in [0.4, 0.5) is 0 Å².